The average molecular weight is 324 g/mol. The maximum Gasteiger partial charge on any atom is 0.164 e. The molecular formula is C14H11Cl2N3S. The molecule has 0 amide bonds. The second-order valence-electron chi connectivity index (χ2n) is 4.39. The van der Waals surface area contributed by atoms with Crippen molar-refractivity contribution in [2.75, 3.05) is 0 Å². The van der Waals surface area contributed by atoms with Gasteiger partial charge in [0.2, 0.25) is 0 Å². The van der Waals surface area contributed by atoms with Crippen molar-refractivity contribution in [2.24, 2.45) is 0 Å². The summed E-state index contributed by atoms with van der Waals surface area (Å²) in [5.41, 5.74) is 2.61. The van der Waals surface area contributed by atoms with Gasteiger partial charge >= 0.3 is 0 Å². The van der Waals surface area contributed by atoms with E-state index in [2.05, 4.69) is 21.9 Å². The zero-order valence-electron chi connectivity index (χ0n) is 10.7. The number of thiophene rings is 1. The van der Waals surface area contributed by atoms with Gasteiger partial charge in [-0.1, -0.05) is 36.5 Å². The largest absolute Gasteiger partial charge is 0.255 e. The maximum atomic E-state index is 6.21. The van der Waals surface area contributed by atoms with Gasteiger partial charge in [-0.15, -0.1) is 11.3 Å². The molecule has 0 saturated heterocycles. The van der Waals surface area contributed by atoms with E-state index in [-0.39, 0.29) is 0 Å². The Morgan fingerprint density at radius 2 is 1.95 bits per heavy atom. The summed E-state index contributed by atoms with van der Waals surface area (Å²) >= 11 is 14.0. The van der Waals surface area contributed by atoms with Crippen molar-refractivity contribution in [2.45, 2.75) is 19.8 Å². The highest BCUT2D eigenvalue weighted by atomic mass is 35.5. The second kappa shape index (κ2) is 5.64. The van der Waals surface area contributed by atoms with Gasteiger partial charge < -0.3 is 0 Å². The summed E-state index contributed by atoms with van der Waals surface area (Å²) in [7, 11) is 0. The first kappa shape index (κ1) is 13.7. The maximum absolute atomic E-state index is 6.21. The lowest BCUT2D eigenvalue weighted by Crippen LogP contribution is -1.97. The lowest BCUT2D eigenvalue weighted by molar-refractivity contribution is 0.903. The van der Waals surface area contributed by atoms with Gasteiger partial charge in [0, 0.05) is 17.3 Å². The molecule has 6 heteroatoms. The van der Waals surface area contributed by atoms with Crippen LogP contribution in [0.25, 0.3) is 21.6 Å². The van der Waals surface area contributed by atoms with Gasteiger partial charge in [0.25, 0.3) is 0 Å². The Morgan fingerprint density at radius 1 is 1.20 bits per heavy atom. The third kappa shape index (κ3) is 2.51. The van der Waals surface area contributed by atoms with Crippen LogP contribution in [-0.2, 0) is 6.42 Å². The first-order valence-corrected chi connectivity index (χ1v) is 7.88. The molecule has 0 spiro atoms. The van der Waals surface area contributed by atoms with Crippen LogP contribution in [0.5, 0.6) is 0 Å². The van der Waals surface area contributed by atoms with Crippen LogP contribution in [0, 0.1) is 0 Å². The van der Waals surface area contributed by atoms with Gasteiger partial charge in [-0.25, -0.2) is 9.97 Å². The molecular weight excluding hydrogens is 313 g/mol. The highest BCUT2D eigenvalue weighted by Crippen LogP contribution is 2.28. The van der Waals surface area contributed by atoms with Gasteiger partial charge in [0.1, 0.15) is 10.3 Å². The molecule has 0 radical (unpaired) electrons. The van der Waals surface area contributed by atoms with Crippen LogP contribution in [0.3, 0.4) is 0 Å². The van der Waals surface area contributed by atoms with E-state index >= 15 is 0 Å². The molecule has 0 atom stereocenters. The standard InChI is InChI=1S/C14H11Cl2N3S/c1-2-3-9-12(15)18-14(19-13(9)16)8-6-11-10(17-7-8)4-5-20-11/h4-7H,2-3H2,1H3. The molecule has 3 aromatic heterocycles. The van der Waals surface area contributed by atoms with Crippen molar-refractivity contribution in [3.05, 3.63) is 39.6 Å². The van der Waals surface area contributed by atoms with Crippen molar-refractivity contribution in [1.29, 1.82) is 0 Å². The van der Waals surface area contributed by atoms with E-state index in [1.165, 1.54) is 0 Å². The molecule has 0 unspecified atom stereocenters. The Morgan fingerprint density at radius 3 is 2.65 bits per heavy atom. The number of halogens is 2. The Labute approximate surface area is 130 Å². The molecule has 3 aromatic rings. The molecule has 0 saturated carbocycles. The van der Waals surface area contributed by atoms with Crippen molar-refractivity contribution in [3.8, 4) is 11.4 Å². The summed E-state index contributed by atoms with van der Waals surface area (Å²) < 4.78 is 1.09. The van der Waals surface area contributed by atoms with Gasteiger partial charge in [0.15, 0.2) is 5.82 Å². The average Bonchev–Trinajstić information content (AvgIpc) is 2.90. The van der Waals surface area contributed by atoms with Gasteiger partial charge in [-0.3, -0.25) is 4.98 Å². The van der Waals surface area contributed by atoms with Crippen LogP contribution in [0.2, 0.25) is 10.3 Å². The molecule has 0 aliphatic heterocycles. The zero-order valence-corrected chi connectivity index (χ0v) is 13.1. The number of fused-ring (bicyclic) bond motifs is 1. The number of hydrogen-bond donors (Lipinski definition) is 0. The third-order valence-corrected chi connectivity index (χ3v) is 4.45. The topological polar surface area (TPSA) is 38.7 Å². The van der Waals surface area contributed by atoms with E-state index < -0.39 is 0 Å². The molecule has 3 nitrogen and oxygen atoms in total. The summed E-state index contributed by atoms with van der Waals surface area (Å²) in [5.74, 6) is 0.516. The molecule has 3 rings (SSSR count). The summed E-state index contributed by atoms with van der Waals surface area (Å²) in [6, 6.07) is 3.99. The van der Waals surface area contributed by atoms with Crippen molar-refractivity contribution < 1.29 is 0 Å². The van der Waals surface area contributed by atoms with E-state index in [1.807, 2.05) is 17.5 Å². The number of rotatable bonds is 3. The predicted molar refractivity (Wildman–Crippen MR) is 84.7 cm³/mol. The number of pyridine rings is 1. The van der Waals surface area contributed by atoms with Gasteiger partial charge in [0.05, 0.1) is 10.2 Å². The van der Waals surface area contributed by atoms with E-state index in [0.717, 1.165) is 34.2 Å². The lowest BCUT2D eigenvalue weighted by Gasteiger charge is -2.07. The third-order valence-electron chi connectivity index (χ3n) is 2.97. The Bertz CT molecular complexity index is 747. The zero-order chi connectivity index (χ0) is 14.1. The molecule has 102 valence electrons. The Balaban J connectivity index is 2.09. The predicted octanol–water partition coefficient (Wildman–Crippen LogP) is 5.01. The summed E-state index contributed by atoms with van der Waals surface area (Å²) in [6.45, 7) is 2.06. The van der Waals surface area contributed by atoms with Crippen LogP contribution >= 0.6 is 34.5 Å². The molecule has 0 N–H and O–H groups in total. The fraction of sp³-hybridized carbons (Fsp3) is 0.214. The van der Waals surface area contributed by atoms with E-state index in [0.29, 0.717) is 16.1 Å². The highest BCUT2D eigenvalue weighted by molar-refractivity contribution is 7.17. The summed E-state index contributed by atoms with van der Waals surface area (Å²) in [5, 5.41) is 2.85. The van der Waals surface area contributed by atoms with Crippen molar-refractivity contribution in [3.63, 3.8) is 0 Å². The molecule has 0 aliphatic rings. The molecule has 3 heterocycles. The summed E-state index contributed by atoms with van der Waals surface area (Å²) in [6.07, 6.45) is 3.47. The van der Waals surface area contributed by atoms with Crippen LogP contribution in [-0.4, -0.2) is 15.0 Å². The first-order valence-electron chi connectivity index (χ1n) is 6.24. The normalized spacial score (nSPS) is 11.2. The lowest BCUT2D eigenvalue weighted by atomic mass is 10.2. The number of nitrogens with zero attached hydrogens (tertiary/aromatic N) is 3. The minimum Gasteiger partial charge on any atom is -0.255 e. The molecule has 0 aromatic carbocycles. The molecule has 0 aliphatic carbocycles. The fourth-order valence-electron chi connectivity index (χ4n) is 1.99. The molecule has 0 bridgehead atoms. The summed E-state index contributed by atoms with van der Waals surface area (Å²) in [4.78, 5) is 13.1. The van der Waals surface area contributed by atoms with E-state index in [9.17, 15) is 0 Å². The van der Waals surface area contributed by atoms with Crippen LogP contribution in [0.1, 0.15) is 18.9 Å². The van der Waals surface area contributed by atoms with E-state index in [4.69, 9.17) is 23.2 Å². The van der Waals surface area contributed by atoms with Crippen molar-refractivity contribution in [1.82, 2.24) is 15.0 Å². The Hall–Kier alpha value is -1.23. The SMILES string of the molecule is CCCc1c(Cl)nc(-c2cnc3ccsc3c2)nc1Cl. The quantitative estimate of drug-likeness (QED) is 0.636. The van der Waals surface area contributed by atoms with Crippen LogP contribution in [0.15, 0.2) is 23.7 Å². The number of hydrogen-bond acceptors (Lipinski definition) is 4. The van der Waals surface area contributed by atoms with Gasteiger partial charge in [-0.05, 0) is 23.9 Å². The first-order chi connectivity index (χ1) is 9.69. The van der Waals surface area contributed by atoms with Gasteiger partial charge in [-0.2, -0.15) is 0 Å². The van der Waals surface area contributed by atoms with Crippen molar-refractivity contribution >= 4 is 44.8 Å². The monoisotopic (exact) mass is 323 g/mol. The highest BCUT2D eigenvalue weighted by Gasteiger charge is 2.13. The van der Waals surface area contributed by atoms with E-state index in [1.54, 1.807) is 17.5 Å². The minimum absolute atomic E-state index is 0.424. The Kier molecular flexibility index (Phi) is 3.87. The fourth-order valence-corrected chi connectivity index (χ4v) is 3.34. The second-order valence-corrected chi connectivity index (χ2v) is 6.05. The molecule has 20 heavy (non-hydrogen) atoms. The smallest absolute Gasteiger partial charge is 0.164 e. The minimum atomic E-state index is 0.424. The molecule has 0 fully saturated rings. The number of aromatic nitrogens is 3. The van der Waals surface area contributed by atoms with Crippen LogP contribution in [0.4, 0.5) is 0 Å². The van der Waals surface area contributed by atoms with Crippen LogP contribution < -0.4 is 0 Å².